The lowest BCUT2D eigenvalue weighted by molar-refractivity contribution is 0.0698. The van der Waals surface area contributed by atoms with Crippen LogP contribution in [0, 0.1) is 29.5 Å². The number of hydrogen-bond acceptors (Lipinski definition) is 6. The van der Waals surface area contributed by atoms with Gasteiger partial charge in [-0.2, -0.15) is 0 Å². The molecule has 0 amide bonds. The highest BCUT2D eigenvalue weighted by atomic mass is 19.1. The molecule has 1 aromatic heterocycles. The van der Waals surface area contributed by atoms with Crippen molar-refractivity contribution in [1.29, 1.82) is 0 Å². The van der Waals surface area contributed by atoms with Crippen molar-refractivity contribution in [1.82, 2.24) is 5.16 Å². The van der Waals surface area contributed by atoms with Gasteiger partial charge in [0.05, 0.1) is 13.7 Å². The first-order valence-corrected chi connectivity index (χ1v) is 9.46. The van der Waals surface area contributed by atoms with Crippen LogP contribution < -0.4 is 9.64 Å². The maximum atomic E-state index is 13.7. The predicted octanol–water partition coefficient (Wildman–Crippen LogP) is 2.91. The normalized spacial score (nSPS) is 28.4. The second kappa shape index (κ2) is 6.48. The Morgan fingerprint density at radius 1 is 1.29 bits per heavy atom. The number of carboxylic acids is 1. The predicted molar refractivity (Wildman–Crippen MR) is 97.0 cm³/mol. The summed E-state index contributed by atoms with van der Waals surface area (Å²) in [5, 5.41) is 13.9. The maximum Gasteiger partial charge on any atom is 0.343 e. The van der Waals surface area contributed by atoms with Gasteiger partial charge in [-0.25, -0.2) is 9.18 Å². The molecular weight excluding hydrogens is 367 g/mol. The van der Waals surface area contributed by atoms with Crippen LogP contribution >= 0.6 is 0 Å². The first-order chi connectivity index (χ1) is 13.6. The summed E-state index contributed by atoms with van der Waals surface area (Å²) in [5.41, 5.74) is 0.422. The van der Waals surface area contributed by atoms with Crippen LogP contribution in [-0.2, 0) is 4.74 Å². The van der Waals surface area contributed by atoms with Crippen LogP contribution in [-0.4, -0.2) is 49.6 Å². The minimum Gasteiger partial charge on any atom is -0.494 e. The average Bonchev–Trinajstić information content (AvgIpc) is 3.41. The van der Waals surface area contributed by atoms with Gasteiger partial charge in [-0.05, 0) is 48.3 Å². The molecule has 1 aliphatic carbocycles. The van der Waals surface area contributed by atoms with E-state index in [9.17, 15) is 14.3 Å². The first-order valence-electron chi connectivity index (χ1n) is 9.46. The van der Waals surface area contributed by atoms with Crippen molar-refractivity contribution in [3.8, 4) is 17.1 Å². The Morgan fingerprint density at radius 3 is 2.93 bits per heavy atom. The number of methoxy groups -OCH3 is 1. The van der Waals surface area contributed by atoms with Crippen LogP contribution in [0.5, 0.6) is 5.75 Å². The van der Waals surface area contributed by atoms with E-state index in [1.165, 1.54) is 25.3 Å². The van der Waals surface area contributed by atoms with E-state index in [2.05, 4.69) is 5.16 Å². The van der Waals surface area contributed by atoms with E-state index in [4.69, 9.17) is 14.0 Å². The Balaban J connectivity index is 1.48. The number of halogens is 1. The topological polar surface area (TPSA) is 85.0 Å². The van der Waals surface area contributed by atoms with Gasteiger partial charge in [0.1, 0.15) is 0 Å². The number of carboxylic acid groups (broad SMARTS) is 1. The lowest BCUT2D eigenvalue weighted by atomic mass is 9.91. The molecule has 2 saturated heterocycles. The van der Waals surface area contributed by atoms with Crippen molar-refractivity contribution in [2.24, 2.45) is 23.7 Å². The first kappa shape index (κ1) is 17.5. The highest BCUT2D eigenvalue weighted by molar-refractivity contribution is 5.99. The van der Waals surface area contributed by atoms with Gasteiger partial charge in [0.15, 0.2) is 28.7 Å². The molecule has 3 heterocycles. The number of aromatic carboxylic acids is 1. The Hall–Kier alpha value is -2.61. The summed E-state index contributed by atoms with van der Waals surface area (Å²) < 4.78 is 29.8. The summed E-state index contributed by atoms with van der Waals surface area (Å²) in [5.74, 6) is 1.06. The number of benzene rings is 1. The number of carbonyl (C=O) groups is 1. The zero-order valence-corrected chi connectivity index (χ0v) is 15.4. The van der Waals surface area contributed by atoms with Crippen molar-refractivity contribution in [3.05, 3.63) is 29.6 Å². The van der Waals surface area contributed by atoms with E-state index >= 15 is 0 Å². The van der Waals surface area contributed by atoms with E-state index < -0.39 is 11.8 Å². The van der Waals surface area contributed by atoms with Crippen LogP contribution in [0.15, 0.2) is 22.7 Å². The van der Waals surface area contributed by atoms with Gasteiger partial charge in [-0.3, -0.25) is 0 Å². The van der Waals surface area contributed by atoms with Gasteiger partial charge in [0, 0.05) is 25.3 Å². The Labute approximate surface area is 161 Å². The van der Waals surface area contributed by atoms with E-state index in [-0.39, 0.29) is 17.1 Å². The Morgan fingerprint density at radius 2 is 2.14 bits per heavy atom. The van der Waals surface area contributed by atoms with Crippen LogP contribution in [0.2, 0.25) is 0 Å². The van der Waals surface area contributed by atoms with Crippen molar-refractivity contribution in [2.75, 3.05) is 38.3 Å². The summed E-state index contributed by atoms with van der Waals surface area (Å²) in [6.07, 6.45) is 1.12. The zero-order valence-electron chi connectivity index (χ0n) is 15.4. The molecule has 8 heteroatoms. The number of hydrogen-bond donors (Lipinski definition) is 1. The molecule has 4 atom stereocenters. The highest BCUT2D eigenvalue weighted by Gasteiger charge is 2.51. The third-order valence-electron chi connectivity index (χ3n) is 6.50. The molecule has 3 fully saturated rings. The minimum absolute atomic E-state index is 0.00727. The fourth-order valence-corrected chi connectivity index (χ4v) is 5.21. The third-order valence-corrected chi connectivity index (χ3v) is 6.50. The van der Waals surface area contributed by atoms with E-state index in [1.54, 1.807) is 0 Å². The largest absolute Gasteiger partial charge is 0.494 e. The van der Waals surface area contributed by atoms with Gasteiger partial charge in [-0.1, -0.05) is 5.16 Å². The monoisotopic (exact) mass is 388 g/mol. The fourth-order valence-electron chi connectivity index (χ4n) is 5.21. The second-order valence-electron chi connectivity index (χ2n) is 7.89. The zero-order chi connectivity index (χ0) is 19.4. The third kappa shape index (κ3) is 2.58. The molecule has 0 radical (unpaired) electrons. The maximum absolute atomic E-state index is 13.7. The SMILES string of the molecule is COc1cc(-c2onc(N3C[C@@H]4C[C@@H]5COC[C@@H]5[C@@H]4C3)c2C(=O)O)ccc1F. The molecule has 0 bridgehead atoms. The van der Waals surface area contributed by atoms with Crippen molar-refractivity contribution in [2.45, 2.75) is 6.42 Å². The molecule has 5 rings (SSSR count). The number of anilines is 1. The summed E-state index contributed by atoms with van der Waals surface area (Å²) in [6.45, 7) is 3.17. The number of rotatable bonds is 4. The molecule has 2 aromatic rings. The molecule has 1 aromatic carbocycles. The second-order valence-corrected chi connectivity index (χ2v) is 7.89. The molecule has 1 saturated carbocycles. The van der Waals surface area contributed by atoms with Crippen LogP contribution in [0.25, 0.3) is 11.3 Å². The lowest BCUT2D eigenvalue weighted by Gasteiger charge is -2.19. The summed E-state index contributed by atoms with van der Waals surface area (Å²) in [4.78, 5) is 14.0. The van der Waals surface area contributed by atoms with Crippen LogP contribution in [0.1, 0.15) is 16.8 Å². The molecule has 0 spiro atoms. The molecule has 28 heavy (non-hydrogen) atoms. The van der Waals surface area contributed by atoms with E-state index in [1.807, 2.05) is 4.90 Å². The minimum atomic E-state index is -1.12. The summed E-state index contributed by atoms with van der Waals surface area (Å²) in [7, 11) is 1.36. The number of nitrogens with zero attached hydrogens (tertiary/aromatic N) is 2. The summed E-state index contributed by atoms with van der Waals surface area (Å²) in [6, 6.07) is 4.11. The molecule has 7 nitrogen and oxygen atoms in total. The standard InChI is InChI=1S/C20H21FN2O5/c1-26-16-5-10(2-3-15(16)21)18-17(20(24)25)19(22-28-18)23-6-11-4-12-8-27-9-14(12)13(11)7-23/h2-3,5,11-14H,4,6-9H2,1H3,(H,24,25)/t11-,12+,13+,14-/m0/s1. The molecule has 2 aliphatic heterocycles. The Bertz CT molecular complexity index is 929. The molecule has 1 N–H and O–H groups in total. The van der Waals surface area contributed by atoms with Gasteiger partial charge in [0.2, 0.25) is 0 Å². The van der Waals surface area contributed by atoms with Crippen LogP contribution in [0.4, 0.5) is 10.2 Å². The molecule has 0 unspecified atom stereocenters. The summed E-state index contributed by atoms with van der Waals surface area (Å²) >= 11 is 0. The lowest BCUT2D eigenvalue weighted by Crippen LogP contribution is -2.26. The fraction of sp³-hybridized carbons (Fsp3) is 0.500. The van der Waals surface area contributed by atoms with Gasteiger partial charge in [-0.15, -0.1) is 0 Å². The van der Waals surface area contributed by atoms with Crippen molar-refractivity contribution < 1.29 is 28.3 Å². The quantitative estimate of drug-likeness (QED) is 0.862. The van der Waals surface area contributed by atoms with Gasteiger partial charge >= 0.3 is 5.97 Å². The Kier molecular flexibility index (Phi) is 4.04. The van der Waals surface area contributed by atoms with E-state index in [0.717, 1.165) is 32.7 Å². The van der Waals surface area contributed by atoms with Gasteiger partial charge in [0.25, 0.3) is 0 Å². The molecular formula is C20H21FN2O5. The smallest absolute Gasteiger partial charge is 0.343 e. The van der Waals surface area contributed by atoms with Crippen molar-refractivity contribution in [3.63, 3.8) is 0 Å². The highest BCUT2D eigenvalue weighted by Crippen LogP contribution is 2.50. The number of ether oxygens (including phenoxy) is 2. The average molecular weight is 388 g/mol. The number of aromatic nitrogens is 1. The van der Waals surface area contributed by atoms with Crippen LogP contribution in [0.3, 0.4) is 0 Å². The van der Waals surface area contributed by atoms with Crippen molar-refractivity contribution >= 4 is 11.8 Å². The number of fused-ring (bicyclic) bond motifs is 3. The van der Waals surface area contributed by atoms with E-state index in [0.29, 0.717) is 35.1 Å². The molecule has 3 aliphatic rings. The molecule has 148 valence electrons. The van der Waals surface area contributed by atoms with Gasteiger partial charge < -0.3 is 24.0 Å².